The highest BCUT2D eigenvalue weighted by Crippen LogP contribution is 2.21. The lowest BCUT2D eigenvalue weighted by Gasteiger charge is -2.37. The number of allylic oxidation sites excluding steroid dienone is 3. The fourth-order valence-corrected chi connectivity index (χ4v) is 5.06. The SMILES string of the molecule is C=C/C=C(\C(=C/C)NC(=O)c1csc(-n2c(=O)n(C)c3ccccc32)n1)N1CCN[C@@H](COC)C1.[HH].[HH]. The molecule has 1 aliphatic rings. The number of methoxy groups -OCH3 is 1. The van der Waals surface area contributed by atoms with E-state index in [4.69, 9.17) is 4.74 Å². The third kappa shape index (κ3) is 5.00. The minimum atomic E-state index is -0.340. The second-order valence-corrected chi connectivity index (χ2v) is 9.01. The van der Waals surface area contributed by atoms with E-state index in [2.05, 4.69) is 27.1 Å². The van der Waals surface area contributed by atoms with Crippen molar-refractivity contribution >= 4 is 28.3 Å². The van der Waals surface area contributed by atoms with Gasteiger partial charge in [-0.05, 0) is 25.1 Å². The number of imidazole rings is 1. The van der Waals surface area contributed by atoms with Gasteiger partial charge in [0.1, 0.15) is 5.69 Å². The predicted octanol–water partition coefficient (Wildman–Crippen LogP) is 2.90. The van der Waals surface area contributed by atoms with Crippen LogP contribution in [-0.2, 0) is 11.8 Å². The lowest BCUT2D eigenvalue weighted by molar-refractivity contribution is 0.0958. The van der Waals surface area contributed by atoms with E-state index in [0.717, 1.165) is 36.4 Å². The van der Waals surface area contributed by atoms with Crippen molar-refractivity contribution in [3.8, 4) is 5.13 Å². The number of ether oxygens (including phenoxy) is 1. The number of hydrogen-bond acceptors (Lipinski definition) is 7. The van der Waals surface area contributed by atoms with E-state index in [1.807, 2.05) is 43.3 Å². The molecule has 2 aromatic heterocycles. The first kappa shape index (κ1) is 24.6. The molecule has 0 radical (unpaired) electrons. The third-order valence-corrected chi connectivity index (χ3v) is 6.76. The zero-order valence-corrected chi connectivity index (χ0v) is 21.0. The zero-order valence-electron chi connectivity index (χ0n) is 20.2. The maximum Gasteiger partial charge on any atom is 0.335 e. The lowest BCUT2D eigenvalue weighted by Crippen LogP contribution is -2.52. The van der Waals surface area contributed by atoms with Gasteiger partial charge in [0.2, 0.25) is 0 Å². The summed E-state index contributed by atoms with van der Waals surface area (Å²) in [6, 6.07) is 7.70. The number of nitrogens with zero attached hydrogens (tertiary/aromatic N) is 4. The molecule has 0 aliphatic carbocycles. The zero-order chi connectivity index (χ0) is 24.9. The van der Waals surface area contributed by atoms with Gasteiger partial charge in [0.25, 0.3) is 5.91 Å². The van der Waals surface area contributed by atoms with Gasteiger partial charge in [0, 0.05) is 48.1 Å². The number of para-hydroxylation sites is 2. The summed E-state index contributed by atoms with van der Waals surface area (Å²) in [5.41, 5.74) is 3.14. The van der Waals surface area contributed by atoms with Gasteiger partial charge in [-0.15, -0.1) is 11.3 Å². The average Bonchev–Trinajstić information content (AvgIpc) is 3.45. The fourth-order valence-electron chi connectivity index (χ4n) is 4.25. The predicted molar refractivity (Wildman–Crippen MR) is 143 cm³/mol. The molecule has 1 fully saturated rings. The van der Waals surface area contributed by atoms with Crippen LogP contribution in [0.25, 0.3) is 16.2 Å². The Morgan fingerprint density at radius 2 is 2.17 bits per heavy atom. The van der Waals surface area contributed by atoms with Crippen molar-refractivity contribution in [1.29, 1.82) is 0 Å². The molecule has 188 valence electrons. The summed E-state index contributed by atoms with van der Waals surface area (Å²) in [6.45, 7) is 8.67. The molecule has 0 unspecified atom stereocenters. The van der Waals surface area contributed by atoms with Gasteiger partial charge in [-0.25, -0.2) is 14.3 Å². The standard InChI is InChI=1S/C25H30N6O3S.2H2/c1-5-9-20(30-13-12-26-17(14-30)15-34-4)18(6-2)27-23(32)19-16-35-24(28-19)31-22-11-8-7-10-21(22)29(3)25(31)33;;/h5-11,16-17,26H,1,12-15H2,2-4H3,(H,27,32);2*1H/b18-6+,20-9+;;/t17-;;/m1../s1. The van der Waals surface area contributed by atoms with Crippen LogP contribution in [0.1, 0.15) is 20.3 Å². The number of amides is 1. The number of rotatable bonds is 8. The summed E-state index contributed by atoms with van der Waals surface area (Å²) in [4.78, 5) is 32.7. The van der Waals surface area contributed by atoms with Crippen molar-refractivity contribution < 1.29 is 12.4 Å². The van der Waals surface area contributed by atoms with E-state index in [-0.39, 0.29) is 26.2 Å². The molecular weight excluding hydrogens is 464 g/mol. The molecule has 0 spiro atoms. The van der Waals surface area contributed by atoms with Crippen LogP contribution in [0.3, 0.4) is 0 Å². The van der Waals surface area contributed by atoms with E-state index in [1.54, 1.807) is 30.2 Å². The molecule has 1 aromatic carbocycles. The first-order chi connectivity index (χ1) is 17.0. The number of thiazole rings is 1. The van der Waals surface area contributed by atoms with Crippen LogP contribution in [0.2, 0.25) is 0 Å². The second-order valence-electron chi connectivity index (χ2n) is 8.18. The van der Waals surface area contributed by atoms with Gasteiger partial charge in [-0.2, -0.15) is 0 Å². The van der Waals surface area contributed by atoms with Crippen molar-refractivity contribution in [2.75, 3.05) is 33.4 Å². The highest BCUT2D eigenvalue weighted by molar-refractivity contribution is 7.12. The first-order valence-corrected chi connectivity index (χ1v) is 12.3. The highest BCUT2D eigenvalue weighted by atomic mass is 32.1. The minimum absolute atomic E-state index is 0. The van der Waals surface area contributed by atoms with Crippen molar-refractivity contribution in [3.05, 3.63) is 82.0 Å². The van der Waals surface area contributed by atoms with E-state index < -0.39 is 0 Å². The van der Waals surface area contributed by atoms with Gasteiger partial charge < -0.3 is 20.3 Å². The van der Waals surface area contributed by atoms with Crippen LogP contribution in [0, 0.1) is 0 Å². The maximum absolute atomic E-state index is 13.2. The monoisotopic (exact) mass is 498 g/mol. The van der Waals surface area contributed by atoms with Crippen molar-refractivity contribution in [2.24, 2.45) is 7.05 Å². The average molecular weight is 499 g/mol. The molecule has 1 saturated heterocycles. The molecule has 2 N–H and O–H groups in total. The summed E-state index contributed by atoms with van der Waals surface area (Å²) in [5, 5.41) is 8.56. The van der Waals surface area contributed by atoms with Gasteiger partial charge in [-0.1, -0.05) is 30.9 Å². The quantitative estimate of drug-likeness (QED) is 0.464. The number of carbonyl (C=O) groups excluding carboxylic acids is 1. The molecule has 3 aromatic rings. The van der Waals surface area contributed by atoms with Gasteiger partial charge in [0.05, 0.1) is 29.0 Å². The van der Waals surface area contributed by atoms with Gasteiger partial charge >= 0.3 is 5.69 Å². The third-order valence-electron chi connectivity index (χ3n) is 5.93. The highest BCUT2D eigenvalue weighted by Gasteiger charge is 2.24. The normalized spacial score (nSPS) is 17.1. The molecule has 1 aliphatic heterocycles. The molecular formula is C25H34N6O3S. The largest absolute Gasteiger partial charge is 0.383 e. The van der Waals surface area contributed by atoms with Crippen molar-refractivity contribution in [1.82, 2.24) is 29.7 Å². The van der Waals surface area contributed by atoms with E-state index in [1.165, 1.54) is 15.9 Å². The van der Waals surface area contributed by atoms with Crippen molar-refractivity contribution in [2.45, 2.75) is 13.0 Å². The van der Waals surface area contributed by atoms with E-state index in [9.17, 15) is 9.59 Å². The fraction of sp³-hybridized carbons (Fsp3) is 0.320. The number of hydrogen-bond donors (Lipinski definition) is 2. The van der Waals surface area contributed by atoms with Crippen LogP contribution in [0.15, 0.2) is 70.6 Å². The van der Waals surface area contributed by atoms with E-state index >= 15 is 0 Å². The molecule has 35 heavy (non-hydrogen) atoms. The van der Waals surface area contributed by atoms with Crippen LogP contribution in [0.5, 0.6) is 0 Å². The summed E-state index contributed by atoms with van der Waals surface area (Å²) < 4.78 is 8.42. The smallest absolute Gasteiger partial charge is 0.335 e. The Balaban J connectivity index is 0.00000241. The van der Waals surface area contributed by atoms with Crippen molar-refractivity contribution in [3.63, 3.8) is 0 Å². The Kier molecular flexibility index (Phi) is 7.64. The Hall–Kier alpha value is -3.47. The number of fused-ring (bicyclic) bond motifs is 1. The summed E-state index contributed by atoms with van der Waals surface area (Å²) in [7, 11) is 3.41. The van der Waals surface area contributed by atoms with Gasteiger partial charge in [0.15, 0.2) is 5.13 Å². The molecule has 10 heteroatoms. The molecule has 3 heterocycles. The molecule has 1 amide bonds. The Morgan fingerprint density at radius 3 is 2.89 bits per heavy atom. The minimum Gasteiger partial charge on any atom is -0.383 e. The Morgan fingerprint density at radius 1 is 1.40 bits per heavy atom. The molecule has 1 atom stereocenters. The number of aryl methyl sites for hydroxylation is 1. The summed E-state index contributed by atoms with van der Waals surface area (Å²) in [6.07, 6.45) is 5.47. The Bertz CT molecular complexity index is 1360. The van der Waals surface area contributed by atoms with Crippen LogP contribution in [0.4, 0.5) is 0 Å². The molecule has 0 saturated carbocycles. The number of nitrogens with one attached hydrogen (secondary N) is 2. The number of carbonyl (C=O) groups is 1. The van der Waals surface area contributed by atoms with E-state index in [0.29, 0.717) is 17.4 Å². The van der Waals surface area contributed by atoms with Crippen LogP contribution < -0.4 is 16.3 Å². The van der Waals surface area contributed by atoms with Crippen LogP contribution in [-0.4, -0.2) is 64.3 Å². The molecule has 9 nitrogen and oxygen atoms in total. The number of benzene rings is 1. The molecule has 4 rings (SSSR count). The summed E-state index contributed by atoms with van der Waals surface area (Å²) in [5.74, 6) is -0.340. The van der Waals surface area contributed by atoms with Crippen LogP contribution >= 0.6 is 11.3 Å². The maximum atomic E-state index is 13.2. The number of piperazine rings is 1. The topological polar surface area (TPSA) is 93.4 Å². The second kappa shape index (κ2) is 10.9. The lowest BCUT2D eigenvalue weighted by atomic mass is 10.1. The Labute approximate surface area is 211 Å². The van der Waals surface area contributed by atoms with Gasteiger partial charge in [-0.3, -0.25) is 9.36 Å². The molecule has 0 bridgehead atoms. The first-order valence-electron chi connectivity index (χ1n) is 11.4. The number of aromatic nitrogens is 3. The summed E-state index contributed by atoms with van der Waals surface area (Å²) >= 11 is 1.26.